The van der Waals surface area contributed by atoms with Gasteiger partial charge in [0.15, 0.2) is 0 Å². The Hall–Kier alpha value is -1.32. The Morgan fingerprint density at radius 1 is 1.14 bits per heavy atom. The van der Waals surface area contributed by atoms with Crippen LogP contribution in [-0.2, 0) is 12.0 Å². The fraction of sp³-hybridized carbons (Fsp3) is 0.333. The predicted octanol–water partition coefficient (Wildman–Crippen LogP) is 4.65. The molecule has 0 aliphatic heterocycles. The number of nitrogens with two attached hydrogens (primary N) is 1. The number of rotatable bonds is 6. The Kier molecular flexibility index (Phi) is 5.43. The maximum absolute atomic E-state index is 6.74. The molecule has 2 aromatic rings. The first-order valence-corrected chi connectivity index (χ1v) is 8.05. The highest BCUT2D eigenvalue weighted by molar-refractivity contribution is 9.10. The Morgan fingerprint density at radius 3 is 2.43 bits per heavy atom. The van der Waals surface area contributed by atoms with Crippen molar-refractivity contribution in [2.75, 3.05) is 7.11 Å². The van der Waals surface area contributed by atoms with E-state index in [0.717, 1.165) is 29.5 Å². The summed E-state index contributed by atoms with van der Waals surface area (Å²) >= 11 is 3.54. The van der Waals surface area contributed by atoms with Crippen LogP contribution in [0, 0.1) is 0 Å². The molecule has 0 aromatic heterocycles. The minimum Gasteiger partial charge on any atom is -0.496 e. The molecule has 2 N–H and O–H groups in total. The van der Waals surface area contributed by atoms with Crippen LogP contribution in [0.4, 0.5) is 0 Å². The number of hydrogen-bond donors (Lipinski definition) is 1. The second kappa shape index (κ2) is 7.10. The van der Waals surface area contributed by atoms with Crippen LogP contribution in [0.5, 0.6) is 5.75 Å². The summed E-state index contributed by atoms with van der Waals surface area (Å²) in [6.07, 6.45) is 2.83. The minimum absolute atomic E-state index is 0.329. The van der Waals surface area contributed by atoms with E-state index in [1.54, 1.807) is 7.11 Å². The van der Waals surface area contributed by atoms with E-state index in [9.17, 15) is 0 Å². The van der Waals surface area contributed by atoms with Gasteiger partial charge in [0.2, 0.25) is 0 Å². The second-order valence-electron chi connectivity index (χ2n) is 5.42. The molecular weight excluding hydrogens is 326 g/mol. The van der Waals surface area contributed by atoms with Crippen molar-refractivity contribution < 1.29 is 4.74 Å². The van der Waals surface area contributed by atoms with Crippen LogP contribution in [-0.4, -0.2) is 7.11 Å². The Bertz CT molecular complexity index is 585. The molecule has 2 nitrogen and oxygen atoms in total. The number of ether oxygens (including phenoxy) is 1. The number of hydrogen-bond acceptors (Lipinski definition) is 2. The summed E-state index contributed by atoms with van der Waals surface area (Å²) < 4.78 is 6.25. The lowest BCUT2D eigenvalue weighted by atomic mass is 9.81. The molecule has 1 atom stereocenters. The highest BCUT2D eigenvalue weighted by Gasteiger charge is 2.26. The lowest BCUT2D eigenvalue weighted by Gasteiger charge is -2.30. The molecule has 21 heavy (non-hydrogen) atoms. The van der Waals surface area contributed by atoms with Crippen LogP contribution in [0.15, 0.2) is 53.0 Å². The maximum atomic E-state index is 6.74. The van der Waals surface area contributed by atoms with Gasteiger partial charge < -0.3 is 10.5 Å². The lowest BCUT2D eigenvalue weighted by molar-refractivity contribution is 0.398. The zero-order chi connectivity index (χ0) is 15.3. The third-order valence-corrected chi connectivity index (χ3v) is 4.40. The molecule has 0 aliphatic rings. The summed E-state index contributed by atoms with van der Waals surface area (Å²) in [6, 6.07) is 16.5. The van der Waals surface area contributed by atoms with Crippen LogP contribution >= 0.6 is 15.9 Å². The molecule has 2 rings (SSSR count). The van der Waals surface area contributed by atoms with E-state index in [2.05, 4.69) is 59.3 Å². The fourth-order valence-corrected chi connectivity index (χ4v) is 3.32. The van der Waals surface area contributed by atoms with Gasteiger partial charge in [0.1, 0.15) is 5.75 Å². The third kappa shape index (κ3) is 3.86. The zero-order valence-corrected chi connectivity index (χ0v) is 14.2. The van der Waals surface area contributed by atoms with Gasteiger partial charge in [0.25, 0.3) is 0 Å². The normalized spacial score (nSPS) is 13.7. The van der Waals surface area contributed by atoms with Crippen molar-refractivity contribution in [1.29, 1.82) is 0 Å². The highest BCUT2D eigenvalue weighted by atomic mass is 79.9. The molecule has 0 saturated carbocycles. The largest absolute Gasteiger partial charge is 0.496 e. The minimum atomic E-state index is -0.329. The molecule has 0 heterocycles. The summed E-state index contributed by atoms with van der Waals surface area (Å²) in [5.41, 5.74) is 8.81. The molecule has 0 bridgehead atoms. The van der Waals surface area contributed by atoms with Crippen molar-refractivity contribution in [3.8, 4) is 5.75 Å². The van der Waals surface area contributed by atoms with Crippen molar-refractivity contribution in [3.63, 3.8) is 0 Å². The topological polar surface area (TPSA) is 35.2 Å². The van der Waals surface area contributed by atoms with Gasteiger partial charge in [-0.2, -0.15) is 0 Å². The number of benzene rings is 2. The fourth-order valence-electron chi connectivity index (χ4n) is 2.74. The molecule has 1 unspecified atom stereocenters. The molecule has 3 heteroatoms. The van der Waals surface area contributed by atoms with Crippen LogP contribution < -0.4 is 10.5 Å². The summed E-state index contributed by atoms with van der Waals surface area (Å²) in [7, 11) is 1.67. The summed E-state index contributed by atoms with van der Waals surface area (Å²) in [5.74, 6) is 0.844. The Labute approximate surface area is 135 Å². The molecular formula is C18H22BrNO. The first-order valence-electron chi connectivity index (χ1n) is 7.26. The zero-order valence-electron chi connectivity index (χ0n) is 12.6. The lowest BCUT2D eigenvalue weighted by Crippen LogP contribution is -2.38. The third-order valence-electron chi connectivity index (χ3n) is 3.78. The SMILES string of the molecule is CCCC(N)(Cc1ccc(OC)c(Br)c1)c1ccccc1. The van der Waals surface area contributed by atoms with Gasteiger partial charge in [0, 0.05) is 5.54 Å². The van der Waals surface area contributed by atoms with Gasteiger partial charge in [-0.05, 0) is 52.0 Å². The quantitative estimate of drug-likeness (QED) is 0.824. The standard InChI is InChI=1S/C18H22BrNO/c1-3-11-18(20,15-7-5-4-6-8-15)13-14-9-10-17(21-2)16(19)12-14/h4-10,12H,3,11,13,20H2,1-2H3. The summed E-state index contributed by atoms with van der Waals surface area (Å²) in [5, 5.41) is 0. The van der Waals surface area contributed by atoms with Crippen molar-refractivity contribution in [2.24, 2.45) is 5.73 Å². The van der Waals surface area contributed by atoms with Crippen LogP contribution in [0.1, 0.15) is 30.9 Å². The van der Waals surface area contributed by atoms with E-state index >= 15 is 0 Å². The van der Waals surface area contributed by atoms with Gasteiger partial charge >= 0.3 is 0 Å². The average Bonchev–Trinajstić information content (AvgIpc) is 2.48. The van der Waals surface area contributed by atoms with E-state index in [4.69, 9.17) is 10.5 Å². The second-order valence-corrected chi connectivity index (χ2v) is 6.27. The number of halogens is 1. The van der Waals surface area contributed by atoms with E-state index in [0.29, 0.717) is 0 Å². The first kappa shape index (κ1) is 16.1. The van der Waals surface area contributed by atoms with Crippen molar-refractivity contribution in [3.05, 3.63) is 64.1 Å². The smallest absolute Gasteiger partial charge is 0.133 e. The van der Waals surface area contributed by atoms with Crippen LogP contribution in [0.2, 0.25) is 0 Å². The van der Waals surface area contributed by atoms with Gasteiger partial charge in [-0.3, -0.25) is 0 Å². The van der Waals surface area contributed by atoms with E-state index in [1.165, 1.54) is 11.1 Å². The molecule has 0 spiro atoms. The molecule has 2 aromatic carbocycles. The predicted molar refractivity (Wildman–Crippen MR) is 91.6 cm³/mol. The highest BCUT2D eigenvalue weighted by Crippen LogP contribution is 2.31. The van der Waals surface area contributed by atoms with E-state index in [1.807, 2.05) is 12.1 Å². The van der Waals surface area contributed by atoms with Crippen molar-refractivity contribution in [1.82, 2.24) is 0 Å². The number of methoxy groups -OCH3 is 1. The van der Waals surface area contributed by atoms with E-state index < -0.39 is 0 Å². The molecule has 0 saturated heterocycles. The van der Waals surface area contributed by atoms with E-state index in [-0.39, 0.29) is 5.54 Å². The summed E-state index contributed by atoms with van der Waals surface area (Å²) in [4.78, 5) is 0. The molecule has 0 aliphatic carbocycles. The van der Waals surface area contributed by atoms with Gasteiger partial charge in [-0.25, -0.2) is 0 Å². The maximum Gasteiger partial charge on any atom is 0.133 e. The van der Waals surface area contributed by atoms with Gasteiger partial charge in [0.05, 0.1) is 11.6 Å². The Morgan fingerprint density at radius 2 is 1.86 bits per heavy atom. The van der Waals surface area contributed by atoms with Crippen LogP contribution in [0.25, 0.3) is 0 Å². The first-order chi connectivity index (χ1) is 10.1. The molecule has 0 radical (unpaired) electrons. The Balaban J connectivity index is 2.30. The molecule has 112 valence electrons. The van der Waals surface area contributed by atoms with Gasteiger partial charge in [-0.15, -0.1) is 0 Å². The summed E-state index contributed by atoms with van der Waals surface area (Å²) in [6.45, 7) is 2.18. The van der Waals surface area contributed by atoms with Crippen LogP contribution in [0.3, 0.4) is 0 Å². The average molecular weight is 348 g/mol. The molecule has 0 amide bonds. The van der Waals surface area contributed by atoms with Crippen molar-refractivity contribution >= 4 is 15.9 Å². The molecule has 0 fully saturated rings. The van der Waals surface area contributed by atoms with Crippen molar-refractivity contribution in [2.45, 2.75) is 31.7 Å². The van der Waals surface area contributed by atoms with Gasteiger partial charge in [-0.1, -0.05) is 49.7 Å². The monoisotopic (exact) mass is 347 g/mol.